The fraction of sp³-hybridized carbons (Fsp3) is 1.00. The molecule has 0 saturated carbocycles. The maximum Gasteiger partial charge on any atom is 0.0689 e. The van der Waals surface area contributed by atoms with Crippen LogP contribution in [0.3, 0.4) is 0 Å². The quantitative estimate of drug-likeness (QED) is 0.744. The zero-order valence-electron chi connectivity index (χ0n) is 11.9. The highest BCUT2D eigenvalue weighted by molar-refractivity contribution is 4.80. The van der Waals surface area contributed by atoms with Gasteiger partial charge in [0.1, 0.15) is 0 Å². The van der Waals surface area contributed by atoms with Crippen molar-refractivity contribution in [2.45, 2.75) is 52.7 Å². The number of nitrogens with one attached hydrogen (secondary N) is 1. The molecule has 1 fully saturated rings. The topological polar surface area (TPSA) is 35.5 Å². The molecular formula is C14H30N2O. The molecule has 102 valence electrons. The molecule has 0 radical (unpaired) electrons. The fourth-order valence-corrected chi connectivity index (χ4v) is 2.60. The third kappa shape index (κ3) is 4.94. The van der Waals surface area contributed by atoms with Crippen LogP contribution in [0.25, 0.3) is 0 Å². The van der Waals surface area contributed by atoms with Crippen LogP contribution in [0.1, 0.15) is 40.5 Å². The summed E-state index contributed by atoms with van der Waals surface area (Å²) >= 11 is 0. The van der Waals surface area contributed by atoms with Gasteiger partial charge in [0.05, 0.1) is 6.10 Å². The van der Waals surface area contributed by atoms with Crippen LogP contribution in [0.15, 0.2) is 0 Å². The highest BCUT2D eigenvalue weighted by atomic mass is 16.3. The molecule has 0 aromatic carbocycles. The Balaban J connectivity index is 2.26. The third-order valence-corrected chi connectivity index (χ3v) is 4.08. The van der Waals surface area contributed by atoms with Gasteiger partial charge in [0.25, 0.3) is 0 Å². The Kier molecular flexibility index (Phi) is 6.45. The van der Waals surface area contributed by atoms with E-state index in [2.05, 4.69) is 37.9 Å². The van der Waals surface area contributed by atoms with Gasteiger partial charge in [0, 0.05) is 12.6 Å². The fourth-order valence-electron chi connectivity index (χ4n) is 2.60. The van der Waals surface area contributed by atoms with Gasteiger partial charge in [-0.3, -0.25) is 0 Å². The molecule has 3 heteroatoms. The Hall–Kier alpha value is -0.120. The molecule has 1 aliphatic rings. The van der Waals surface area contributed by atoms with Crippen molar-refractivity contribution in [2.75, 3.05) is 26.2 Å². The van der Waals surface area contributed by atoms with E-state index in [-0.39, 0.29) is 6.10 Å². The van der Waals surface area contributed by atoms with Crippen LogP contribution in [0.2, 0.25) is 0 Å². The standard InChI is InChI=1S/C14H30N2O/c1-5-15-12(4)13-6-8-16(9-7-13)10-14(17)11(2)3/h11-15,17H,5-10H2,1-4H3. The van der Waals surface area contributed by atoms with Crippen molar-refractivity contribution in [3.63, 3.8) is 0 Å². The minimum absolute atomic E-state index is 0.169. The Morgan fingerprint density at radius 3 is 2.29 bits per heavy atom. The molecule has 0 aliphatic carbocycles. The van der Waals surface area contributed by atoms with Gasteiger partial charge in [-0.05, 0) is 51.2 Å². The summed E-state index contributed by atoms with van der Waals surface area (Å²) in [4.78, 5) is 2.42. The summed E-state index contributed by atoms with van der Waals surface area (Å²) in [6.45, 7) is 12.8. The molecule has 1 heterocycles. The van der Waals surface area contributed by atoms with E-state index in [1.54, 1.807) is 0 Å². The molecule has 0 bridgehead atoms. The van der Waals surface area contributed by atoms with Crippen molar-refractivity contribution >= 4 is 0 Å². The monoisotopic (exact) mass is 242 g/mol. The summed E-state index contributed by atoms with van der Waals surface area (Å²) in [5.74, 6) is 1.18. The van der Waals surface area contributed by atoms with Crippen molar-refractivity contribution in [2.24, 2.45) is 11.8 Å². The first-order chi connectivity index (χ1) is 8.04. The molecule has 0 amide bonds. The number of likely N-dealkylation sites (tertiary alicyclic amines) is 1. The number of piperidine rings is 1. The van der Waals surface area contributed by atoms with E-state index in [9.17, 15) is 5.11 Å². The molecular weight excluding hydrogens is 212 g/mol. The van der Waals surface area contributed by atoms with Crippen LogP contribution in [-0.2, 0) is 0 Å². The van der Waals surface area contributed by atoms with Crippen molar-refractivity contribution in [1.29, 1.82) is 0 Å². The van der Waals surface area contributed by atoms with Gasteiger partial charge < -0.3 is 15.3 Å². The maximum atomic E-state index is 9.88. The summed E-state index contributed by atoms with van der Waals surface area (Å²) in [6.07, 6.45) is 2.36. The molecule has 1 saturated heterocycles. The van der Waals surface area contributed by atoms with E-state index < -0.39 is 0 Å². The predicted molar refractivity (Wildman–Crippen MR) is 73.1 cm³/mol. The minimum atomic E-state index is -0.169. The number of nitrogens with zero attached hydrogens (tertiary/aromatic N) is 1. The maximum absolute atomic E-state index is 9.88. The minimum Gasteiger partial charge on any atom is -0.392 e. The van der Waals surface area contributed by atoms with Crippen LogP contribution in [0.5, 0.6) is 0 Å². The lowest BCUT2D eigenvalue weighted by Crippen LogP contribution is -2.44. The molecule has 0 aromatic heterocycles. The molecule has 3 nitrogen and oxygen atoms in total. The van der Waals surface area contributed by atoms with Crippen LogP contribution in [0.4, 0.5) is 0 Å². The summed E-state index contributed by atoms with van der Waals surface area (Å²) in [7, 11) is 0. The lowest BCUT2D eigenvalue weighted by molar-refractivity contribution is 0.0571. The molecule has 2 atom stereocenters. The first kappa shape index (κ1) is 14.9. The average Bonchev–Trinajstić information content (AvgIpc) is 2.30. The Labute approximate surface area is 107 Å². The third-order valence-electron chi connectivity index (χ3n) is 4.08. The zero-order chi connectivity index (χ0) is 12.8. The van der Waals surface area contributed by atoms with Gasteiger partial charge in [-0.2, -0.15) is 0 Å². The van der Waals surface area contributed by atoms with E-state index in [1.807, 2.05) is 0 Å². The summed E-state index contributed by atoms with van der Waals surface area (Å²) in [5, 5.41) is 13.4. The predicted octanol–water partition coefficient (Wildman–Crippen LogP) is 1.71. The average molecular weight is 242 g/mol. The van der Waals surface area contributed by atoms with E-state index >= 15 is 0 Å². The molecule has 1 aliphatic heterocycles. The largest absolute Gasteiger partial charge is 0.392 e. The second kappa shape index (κ2) is 7.34. The van der Waals surface area contributed by atoms with Crippen molar-refractivity contribution in [3.8, 4) is 0 Å². The van der Waals surface area contributed by atoms with Gasteiger partial charge in [-0.15, -0.1) is 0 Å². The van der Waals surface area contributed by atoms with Gasteiger partial charge >= 0.3 is 0 Å². The second-order valence-electron chi connectivity index (χ2n) is 5.80. The lowest BCUT2D eigenvalue weighted by Gasteiger charge is -2.36. The molecule has 1 rings (SSSR count). The Morgan fingerprint density at radius 2 is 1.82 bits per heavy atom. The van der Waals surface area contributed by atoms with Gasteiger partial charge in [0.2, 0.25) is 0 Å². The van der Waals surface area contributed by atoms with E-state index in [1.165, 1.54) is 12.8 Å². The number of hydrogen-bond acceptors (Lipinski definition) is 3. The van der Waals surface area contributed by atoms with Gasteiger partial charge in [-0.1, -0.05) is 20.8 Å². The van der Waals surface area contributed by atoms with E-state index in [0.29, 0.717) is 12.0 Å². The summed E-state index contributed by atoms with van der Waals surface area (Å²) in [6, 6.07) is 0.636. The van der Waals surface area contributed by atoms with Crippen molar-refractivity contribution in [1.82, 2.24) is 10.2 Å². The Morgan fingerprint density at radius 1 is 1.24 bits per heavy atom. The highest BCUT2D eigenvalue weighted by Gasteiger charge is 2.24. The van der Waals surface area contributed by atoms with E-state index in [4.69, 9.17) is 0 Å². The SMILES string of the molecule is CCNC(C)C1CCN(CC(O)C(C)C)CC1. The Bertz CT molecular complexity index is 200. The smallest absolute Gasteiger partial charge is 0.0689 e. The normalized spacial score (nSPS) is 22.9. The van der Waals surface area contributed by atoms with E-state index in [0.717, 1.165) is 32.1 Å². The molecule has 0 aromatic rings. The summed E-state index contributed by atoms with van der Waals surface area (Å²) in [5.41, 5.74) is 0. The molecule has 2 N–H and O–H groups in total. The highest BCUT2D eigenvalue weighted by Crippen LogP contribution is 2.21. The van der Waals surface area contributed by atoms with Gasteiger partial charge in [-0.25, -0.2) is 0 Å². The lowest BCUT2D eigenvalue weighted by atomic mass is 9.90. The number of aliphatic hydroxyl groups excluding tert-OH is 1. The van der Waals surface area contributed by atoms with Gasteiger partial charge in [0.15, 0.2) is 0 Å². The number of rotatable bonds is 6. The molecule has 17 heavy (non-hydrogen) atoms. The molecule has 2 unspecified atom stereocenters. The van der Waals surface area contributed by atoms with Crippen LogP contribution >= 0.6 is 0 Å². The first-order valence-corrected chi connectivity index (χ1v) is 7.18. The van der Waals surface area contributed by atoms with Crippen LogP contribution in [0, 0.1) is 11.8 Å². The van der Waals surface area contributed by atoms with Crippen molar-refractivity contribution in [3.05, 3.63) is 0 Å². The van der Waals surface area contributed by atoms with Crippen molar-refractivity contribution < 1.29 is 5.11 Å². The first-order valence-electron chi connectivity index (χ1n) is 7.18. The molecule has 0 spiro atoms. The second-order valence-corrected chi connectivity index (χ2v) is 5.80. The number of aliphatic hydroxyl groups is 1. The van der Waals surface area contributed by atoms with Crippen LogP contribution < -0.4 is 5.32 Å². The number of hydrogen-bond donors (Lipinski definition) is 2. The summed E-state index contributed by atoms with van der Waals surface area (Å²) < 4.78 is 0. The van der Waals surface area contributed by atoms with Crippen LogP contribution in [-0.4, -0.2) is 48.3 Å². The number of β-amino-alcohol motifs (C(OH)–C–C–N with tert-alkyl or cyclic N) is 1. The zero-order valence-corrected chi connectivity index (χ0v) is 11.9.